The molecule has 1 saturated heterocycles. The molecule has 20 heavy (non-hydrogen) atoms. The maximum atomic E-state index is 5.73. The molecule has 2 rings (SSSR count). The van der Waals surface area contributed by atoms with Gasteiger partial charge in [-0.2, -0.15) is 0 Å². The van der Waals surface area contributed by atoms with Crippen molar-refractivity contribution in [1.29, 1.82) is 0 Å². The molecule has 0 saturated carbocycles. The molecule has 1 aliphatic rings. The number of rotatable bonds is 8. The molecule has 0 unspecified atom stereocenters. The lowest BCUT2D eigenvalue weighted by molar-refractivity contribution is 0.0335. The Bertz CT molecular complexity index is 352. The summed E-state index contributed by atoms with van der Waals surface area (Å²) in [6.07, 6.45) is 1.10. The van der Waals surface area contributed by atoms with Gasteiger partial charge in [0.1, 0.15) is 0 Å². The van der Waals surface area contributed by atoms with E-state index < -0.39 is 0 Å². The van der Waals surface area contributed by atoms with E-state index in [4.69, 9.17) is 10.5 Å². The van der Waals surface area contributed by atoms with Crippen molar-refractivity contribution in [2.45, 2.75) is 6.42 Å². The smallest absolute Gasteiger partial charge is 0.0594 e. The Labute approximate surface area is 122 Å². The summed E-state index contributed by atoms with van der Waals surface area (Å²) in [6, 6.07) is 10.7. The Kier molecular flexibility index (Phi) is 7.01. The fourth-order valence-corrected chi connectivity index (χ4v) is 2.56. The van der Waals surface area contributed by atoms with Crippen molar-refractivity contribution in [1.82, 2.24) is 9.80 Å². The number of hydrogen-bond acceptors (Lipinski definition) is 4. The van der Waals surface area contributed by atoms with E-state index in [2.05, 4.69) is 40.1 Å². The monoisotopic (exact) mass is 277 g/mol. The van der Waals surface area contributed by atoms with Crippen molar-refractivity contribution in [3.05, 3.63) is 35.9 Å². The van der Waals surface area contributed by atoms with Crippen LogP contribution in [0.4, 0.5) is 0 Å². The number of ether oxygens (including phenoxy) is 1. The highest BCUT2D eigenvalue weighted by molar-refractivity contribution is 5.14. The van der Waals surface area contributed by atoms with Crippen LogP contribution < -0.4 is 5.73 Å². The molecule has 0 bridgehead atoms. The molecule has 0 aliphatic carbocycles. The lowest BCUT2D eigenvalue weighted by atomic mass is 10.1. The lowest BCUT2D eigenvalue weighted by Crippen LogP contribution is -2.43. The summed E-state index contributed by atoms with van der Waals surface area (Å²) in [7, 11) is 0. The van der Waals surface area contributed by atoms with Gasteiger partial charge in [0.2, 0.25) is 0 Å². The van der Waals surface area contributed by atoms with Gasteiger partial charge < -0.3 is 15.4 Å². The Morgan fingerprint density at radius 2 is 1.80 bits per heavy atom. The lowest BCUT2D eigenvalue weighted by Gasteiger charge is -2.30. The molecule has 1 aliphatic heterocycles. The summed E-state index contributed by atoms with van der Waals surface area (Å²) in [5.74, 6) is 0. The van der Waals surface area contributed by atoms with Crippen LogP contribution in [0.1, 0.15) is 5.56 Å². The van der Waals surface area contributed by atoms with Crippen molar-refractivity contribution in [3.8, 4) is 0 Å². The highest BCUT2D eigenvalue weighted by Crippen LogP contribution is 2.02. The molecule has 0 amide bonds. The fraction of sp³-hybridized carbons (Fsp3) is 0.625. The first kappa shape index (κ1) is 15.4. The third-order valence-corrected chi connectivity index (χ3v) is 3.84. The van der Waals surface area contributed by atoms with Gasteiger partial charge in [-0.15, -0.1) is 0 Å². The minimum Gasteiger partial charge on any atom is -0.379 e. The highest BCUT2D eigenvalue weighted by Gasteiger charge is 2.12. The minimum atomic E-state index is 0.734. The largest absolute Gasteiger partial charge is 0.379 e. The van der Waals surface area contributed by atoms with Crippen LogP contribution in [0.2, 0.25) is 0 Å². The number of benzene rings is 1. The summed E-state index contributed by atoms with van der Waals surface area (Å²) < 4.78 is 5.38. The van der Waals surface area contributed by atoms with Crippen molar-refractivity contribution in [2.75, 3.05) is 59.0 Å². The normalized spacial score (nSPS) is 16.7. The van der Waals surface area contributed by atoms with Gasteiger partial charge in [-0.25, -0.2) is 0 Å². The maximum Gasteiger partial charge on any atom is 0.0594 e. The molecule has 1 aromatic rings. The number of hydrogen-bond donors (Lipinski definition) is 1. The van der Waals surface area contributed by atoms with Gasteiger partial charge >= 0.3 is 0 Å². The van der Waals surface area contributed by atoms with E-state index in [-0.39, 0.29) is 0 Å². The summed E-state index contributed by atoms with van der Waals surface area (Å²) in [6.45, 7) is 8.91. The van der Waals surface area contributed by atoms with Crippen LogP contribution in [0.3, 0.4) is 0 Å². The molecule has 112 valence electrons. The standard InChI is InChI=1S/C16H27N3O/c17-7-9-18(8-6-16-4-2-1-3-5-16)10-11-19-12-14-20-15-13-19/h1-5H,6-15,17H2. The summed E-state index contributed by atoms with van der Waals surface area (Å²) in [5.41, 5.74) is 7.14. The molecule has 0 spiro atoms. The molecule has 4 heteroatoms. The van der Waals surface area contributed by atoms with Crippen LogP contribution in [0, 0.1) is 0 Å². The second kappa shape index (κ2) is 9.08. The Morgan fingerprint density at radius 3 is 2.50 bits per heavy atom. The number of nitrogens with zero attached hydrogens (tertiary/aromatic N) is 2. The van der Waals surface area contributed by atoms with E-state index in [1.165, 1.54) is 5.56 Å². The summed E-state index contributed by atoms with van der Waals surface area (Å²) in [5, 5.41) is 0. The van der Waals surface area contributed by atoms with Crippen LogP contribution >= 0.6 is 0 Å². The minimum absolute atomic E-state index is 0.734. The molecular weight excluding hydrogens is 250 g/mol. The Hall–Kier alpha value is -0.940. The first-order chi connectivity index (χ1) is 9.88. The second-order valence-electron chi connectivity index (χ2n) is 5.32. The predicted octanol–water partition coefficient (Wildman–Crippen LogP) is 0.822. The van der Waals surface area contributed by atoms with E-state index >= 15 is 0 Å². The molecule has 1 fully saturated rings. The Morgan fingerprint density at radius 1 is 1.05 bits per heavy atom. The molecule has 0 aromatic heterocycles. The maximum absolute atomic E-state index is 5.73. The summed E-state index contributed by atoms with van der Waals surface area (Å²) in [4.78, 5) is 4.96. The van der Waals surface area contributed by atoms with Gasteiger partial charge in [0.25, 0.3) is 0 Å². The van der Waals surface area contributed by atoms with Crippen molar-refractivity contribution >= 4 is 0 Å². The molecule has 1 heterocycles. The zero-order valence-corrected chi connectivity index (χ0v) is 12.3. The third kappa shape index (κ3) is 5.59. The Balaban J connectivity index is 1.71. The van der Waals surface area contributed by atoms with Gasteiger partial charge in [0, 0.05) is 45.8 Å². The second-order valence-corrected chi connectivity index (χ2v) is 5.32. The van der Waals surface area contributed by atoms with E-state index in [9.17, 15) is 0 Å². The van der Waals surface area contributed by atoms with E-state index in [0.717, 1.165) is 65.4 Å². The van der Waals surface area contributed by atoms with E-state index in [0.29, 0.717) is 0 Å². The highest BCUT2D eigenvalue weighted by atomic mass is 16.5. The first-order valence-corrected chi connectivity index (χ1v) is 7.65. The first-order valence-electron chi connectivity index (χ1n) is 7.65. The van der Waals surface area contributed by atoms with E-state index in [1.54, 1.807) is 0 Å². The van der Waals surface area contributed by atoms with Gasteiger partial charge in [-0.1, -0.05) is 30.3 Å². The molecule has 0 radical (unpaired) electrons. The molecule has 1 aromatic carbocycles. The number of morpholine rings is 1. The van der Waals surface area contributed by atoms with Crippen molar-refractivity contribution in [3.63, 3.8) is 0 Å². The van der Waals surface area contributed by atoms with Crippen LogP contribution in [0.15, 0.2) is 30.3 Å². The van der Waals surface area contributed by atoms with Crippen molar-refractivity contribution in [2.24, 2.45) is 5.73 Å². The molecular formula is C16H27N3O. The molecule has 0 atom stereocenters. The van der Waals surface area contributed by atoms with Crippen LogP contribution in [0.25, 0.3) is 0 Å². The van der Waals surface area contributed by atoms with Crippen LogP contribution in [0.5, 0.6) is 0 Å². The van der Waals surface area contributed by atoms with Gasteiger partial charge in [0.05, 0.1) is 13.2 Å². The van der Waals surface area contributed by atoms with Crippen LogP contribution in [-0.2, 0) is 11.2 Å². The average Bonchev–Trinajstić information content (AvgIpc) is 2.52. The fourth-order valence-electron chi connectivity index (χ4n) is 2.56. The zero-order valence-electron chi connectivity index (χ0n) is 12.3. The molecule has 4 nitrogen and oxygen atoms in total. The van der Waals surface area contributed by atoms with Gasteiger partial charge in [-0.3, -0.25) is 4.90 Å². The average molecular weight is 277 g/mol. The quantitative estimate of drug-likeness (QED) is 0.764. The van der Waals surface area contributed by atoms with E-state index in [1.807, 2.05) is 0 Å². The van der Waals surface area contributed by atoms with Gasteiger partial charge in [-0.05, 0) is 12.0 Å². The predicted molar refractivity (Wildman–Crippen MR) is 82.9 cm³/mol. The van der Waals surface area contributed by atoms with Gasteiger partial charge in [0.15, 0.2) is 0 Å². The van der Waals surface area contributed by atoms with Crippen LogP contribution in [-0.4, -0.2) is 68.8 Å². The zero-order chi connectivity index (χ0) is 14.0. The third-order valence-electron chi connectivity index (χ3n) is 3.84. The topological polar surface area (TPSA) is 41.7 Å². The SMILES string of the molecule is NCCN(CCc1ccccc1)CCN1CCOCC1. The van der Waals surface area contributed by atoms with Crippen molar-refractivity contribution < 1.29 is 4.74 Å². The summed E-state index contributed by atoms with van der Waals surface area (Å²) >= 11 is 0. The molecule has 2 N–H and O–H groups in total. The number of nitrogens with two attached hydrogens (primary N) is 1.